The Balaban J connectivity index is 1.79. The van der Waals surface area contributed by atoms with Crippen molar-refractivity contribution < 1.29 is 28.6 Å². The van der Waals surface area contributed by atoms with Crippen LogP contribution in [0.2, 0.25) is 0 Å². The van der Waals surface area contributed by atoms with E-state index in [9.17, 15) is 19.6 Å². The van der Waals surface area contributed by atoms with E-state index in [0.717, 1.165) is 125 Å². The van der Waals surface area contributed by atoms with Crippen LogP contribution in [0.25, 0.3) is 33.4 Å². The van der Waals surface area contributed by atoms with Crippen LogP contribution in [0.5, 0.6) is 11.5 Å². The molecule has 0 aliphatic carbocycles. The Morgan fingerprint density at radius 2 is 0.581 bits per heavy atom. The molecule has 6 nitrogen and oxygen atoms in total. The maximum Gasteiger partial charge on any atom is 0.391 e. The van der Waals surface area contributed by atoms with Crippen LogP contribution < -0.4 is 9.05 Å². The highest BCUT2D eigenvalue weighted by Crippen LogP contribution is 2.57. The molecule has 504 valence electrons. The van der Waals surface area contributed by atoms with E-state index in [1.54, 1.807) is 0 Å². The maximum atomic E-state index is 10.7. The molecule has 0 fully saturated rings. The van der Waals surface area contributed by atoms with Gasteiger partial charge in [-0.25, -0.2) is 0 Å². The van der Waals surface area contributed by atoms with Crippen molar-refractivity contribution in [3.63, 3.8) is 0 Å². The van der Waals surface area contributed by atoms with Crippen LogP contribution >= 0.6 is 17.2 Å². The first-order valence-corrected chi connectivity index (χ1v) is 37.9. The third-order valence-electron chi connectivity index (χ3n) is 21.6. The van der Waals surface area contributed by atoms with Gasteiger partial charge >= 0.3 is 17.2 Å². The van der Waals surface area contributed by atoms with Gasteiger partial charge < -0.3 is 28.6 Å². The Morgan fingerprint density at radius 3 is 0.892 bits per heavy atom. The summed E-state index contributed by atoms with van der Waals surface area (Å²) in [5.41, 5.74) is 15.4. The van der Waals surface area contributed by atoms with Gasteiger partial charge in [0.15, 0.2) is 0 Å². The molecule has 8 heteroatoms. The average Bonchev–Trinajstić information content (AvgIpc) is 0.705. The second-order valence-electron chi connectivity index (χ2n) is 30.9. The van der Waals surface area contributed by atoms with Gasteiger partial charge in [0.05, 0.1) is 5.41 Å². The highest BCUT2D eigenvalue weighted by molar-refractivity contribution is 7.40. The Kier molecular flexibility index (Phi) is 26.1. The normalized spacial score (nSPS) is 12.9. The fourth-order valence-corrected chi connectivity index (χ4v) is 15.0. The summed E-state index contributed by atoms with van der Waals surface area (Å²) in [6.45, 7) is 41.4. The number of rotatable bonds is 35. The minimum Gasteiger partial charge on any atom is -0.427 e. The minimum absolute atomic E-state index is 0.00138. The molecule has 0 saturated carbocycles. The lowest BCUT2D eigenvalue weighted by Crippen LogP contribution is -2.33. The summed E-state index contributed by atoms with van der Waals surface area (Å²) in [6, 6.07) is 55.7. The zero-order chi connectivity index (χ0) is 68.2. The average molecular weight is 1300 g/mol. The monoisotopic (exact) mass is 1300 g/mol. The van der Waals surface area contributed by atoms with Gasteiger partial charge in [0.1, 0.15) is 11.5 Å². The van der Waals surface area contributed by atoms with Crippen LogP contribution in [0.1, 0.15) is 296 Å². The summed E-state index contributed by atoms with van der Waals surface area (Å²) in [5.74, 6) is 0.859. The molecular formula is C85H118O6P2. The van der Waals surface area contributed by atoms with Gasteiger partial charge in [0, 0.05) is 11.1 Å². The summed E-state index contributed by atoms with van der Waals surface area (Å²) in [7, 11) is -5.51. The maximum absolute atomic E-state index is 10.7. The van der Waals surface area contributed by atoms with Crippen LogP contribution in [0.15, 0.2) is 146 Å². The Bertz CT molecular complexity index is 3400. The predicted octanol–water partition coefficient (Wildman–Crippen LogP) is 25.1. The third kappa shape index (κ3) is 17.7. The molecule has 0 aliphatic heterocycles. The van der Waals surface area contributed by atoms with Crippen LogP contribution in [-0.4, -0.2) is 19.6 Å². The van der Waals surface area contributed by atoms with Gasteiger partial charge in [-0.3, -0.25) is 0 Å². The van der Waals surface area contributed by atoms with E-state index in [2.05, 4.69) is 258 Å². The second kappa shape index (κ2) is 32.3. The van der Waals surface area contributed by atoms with Crippen LogP contribution in [-0.2, 0) is 37.9 Å². The van der Waals surface area contributed by atoms with E-state index < -0.39 is 33.4 Å². The van der Waals surface area contributed by atoms with E-state index in [4.69, 9.17) is 9.05 Å². The second-order valence-corrected chi connectivity index (χ2v) is 32.3. The van der Waals surface area contributed by atoms with Gasteiger partial charge in [-0.2, -0.15) is 0 Å². The fourth-order valence-electron chi connectivity index (χ4n) is 14.3. The molecule has 0 heterocycles. The first-order valence-electron chi connectivity index (χ1n) is 35.6. The first-order chi connectivity index (χ1) is 44.0. The fraction of sp³-hybridized carbons (Fsp3) is 0.506. The van der Waals surface area contributed by atoms with Crippen molar-refractivity contribution in [1.29, 1.82) is 0 Å². The minimum atomic E-state index is -2.75. The van der Waals surface area contributed by atoms with E-state index in [-0.39, 0.29) is 21.7 Å². The first kappa shape index (κ1) is 75.2. The van der Waals surface area contributed by atoms with Crippen molar-refractivity contribution in [2.45, 2.75) is 278 Å². The molecule has 0 saturated heterocycles. The molecule has 0 atom stereocenters. The molecule has 7 rings (SSSR count). The Hall–Kier alpha value is -5.16. The molecule has 0 aromatic heterocycles. The molecule has 0 aliphatic rings. The van der Waals surface area contributed by atoms with Crippen molar-refractivity contribution in [1.82, 2.24) is 0 Å². The lowest BCUT2D eigenvalue weighted by atomic mass is 9.61. The van der Waals surface area contributed by atoms with E-state index in [1.165, 1.54) is 80.0 Å². The van der Waals surface area contributed by atoms with Gasteiger partial charge in [0.2, 0.25) is 0 Å². The number of benzene rings is 7. The van der Waals surface area contributed by atoms with Gasteiger partial charge in [-0.15, -0.1) is 0 Å². The smallest absolute Gasteiger partial charge is 0.391 e. The molecule has 0 spiro atoms. The Labute approximate surface area is 566 Å². The number of unbranched alkanes of at least 4 members (excludes halogenated alkanes) is 8. The van der Waals surface area contributed by atoms with Gasteiger partial charge in [0.25, 0.3) is 0 Å². The third-order valence-corrected chi connectivity index (χ3v) is 22.3. The lowest BCUT2D eigenvalue weighted by molar-refractivity contribution is 0.365. The van der Waals surface area contributed by atoms with Crippen molar-refractivity contribution >= 4 is 17.2 Å². The molecule has 0 radical (unpaired) electrons. The van der Waals surface area contributed by atoms with Crippen LogP contribution in [0, 0.1) is 0 Å². The molecule has 0 unspecified atom stereocenters. The molecular weight excluding hydrogens is 1180 g/mol. The van der Waals surface area contributed by atoms with E-state index in [0.29, 0.717) is 11.5 Å². The largest absolute Gasteiger partial charge is 0.427 e. The topological polar surface area (TPSA) is 99.4 Å². The zero-order valence-corrected chi connectivity index (χ0v) is 62.4. The number of hydrogen-bond donors (Lipinski definition) is 4. The molecule has 4 N–H and O–H groups in total. The molecule has 7 aromatic carbocycles. The summed E-state index contributed by atoms with van der Waals surface area (Å²) < 4.78 is 12.2. The summed E-state index contributed by atoms with van der Waals surface area (Å²) in [4.78, 5) is 42.9. The highest BCUT2D eigenvalue weighted by atomic mass is 31.2. The Morgan fingerprint density at radius 1 is 0.290 bits per heavy atom. The van der Waals surface area contributed by atoms with Crippen molar-refractivity contribution in [2.24, 2.45) is 0 Å². The van der Waals surface area contributed by atoms with Crippen molar-refractivity contribution in [3.8, 4) is 44.9 Å². The number of hydrogen-bond acceptors (Lipinski definition) is 6. The van der Waals surface area contributed by atoms with E-state index in [1.807, 2.05) is 12.1 Å². The predicted molar refractivity (Wildman–Crippen MR) is 400 cm³/mol. The molecule has 0 amide bonds. The van der Waals surface area contributed by atoms with Crippen LogP contribution in [0.3, 0.4) is 0 Å². The van der Waals surface area contributed by atoms with Gasteiger partial charge in [-0.1, -0.05) is 323 Å². The molecule has 7 aromatic rings. The molecule has 0 bridgehead atoms. The zero-order valence-electron chi connectivity index (χ0n) is 60.6. The summed E-state index contributed by atoms with van der Waals surface area (Å²) in [5, 5.41) is 0. The summed E-state index contributed by atoms with van der Waals surface area (Å²) >= 11 is 0. The standard InChI is InChI=1S/C85H118O6P2/c1-19-25-29-55-81(11,12)64-39-33-61(34-40-64)71-51-52-72(78(63-37-43-66(44-38-63)83(15,16)57-31-27-21-3)77(71)62-35-41-65(42-36-62)82(13,14)56-30-26-20-2)85(68-47-45-67(46-48-68)84(17,18)58-32-28-22-4,69-49-53-75(90-92(86)87)73(59-69)79(7,8)23-5)70-50-54-76(91-93(88)89)74(60-70)80(9,10)24-6/h33-54,59-60,86-89H,19-32,55-58H2,1-18H3. The quantitative estimate of drug-likeness (QED) is 0.0179. The van der Waals surface area contributed by atoms with Crippen LogP contribution in [0.4, 0.5) is 0 Å². The van der Waals surface area contributed by atoms with Crippen molar-refractivity contribution in [2.75, 3.05) is 0 Å². The molecule has 93 heavy (non-hydrogen) atoms. The van der Waals surface area contributed by atoms with Crippen molar-refractivity contribution in [3.05, 3.63) is 201 Å². The summed E-state index contributed by atoms with van der Waals surface area (Å²) in [6.07, 6.45) is 20.0. The highest BCUT2D eigenvalue weighted by Gasteiger charge is 2.45. The van der Waals surface area contributed by atoms with Gasteiger partial charge in [-0.05, 0) is 173 Å². The lowest BCUT2D eigenvalue weighted by Gasteiger charge is -2.41. The van der Waals surface area contributed by atoms with E-state index >= 15 is 0 Å². The SMILES string of the molecule is CCCCCC(C)(C)c1ccc(-c2ccc(C(c3ccc(C(C)(C)CCCCC)cc3)(c3ccc(OP(O)O)c(C(C)(C)CC)c3)c3ccc(OP(O)O)c(C(C)(C)CC)c3)c(-c3ccc(C(C)(C)CCCCC)cc3)c2-c2ccc(C(C)(C)CCCCC)cc2)cc1.